The Morgan fingerprint density at radius 1 is 1.37 bits per heavy atom. The van der Waals surface area contributed by atoms with Crippen molar-refractivity contribution in [2.45, 2.75) is 18.5 Å². The van der Waals surface area contributed by atoms with E-state index >= 15 is 0 Å². The topological polar surface area (TPSA) is 29.3 Å². The number of benzene rings is 1. The molecule has 1 aromatic carbocycles. The summed E-state index contributed by atoms with van der Waals surface area (Å²) in [6, 6.07) is 2.12. The molecule has 0 bridgehead atoms. The molecule has 0 aliphatic carbocycles. The van der Waals surface area contributed by atoms with Gasteiger partial charge in [0.15, 0.2) is 17.5 Å². The molecule has 1 fully saturated rings. The van der Waals surface area contributed by atoms with Crippen LogP contribution in [0, 0.1) is 17.5 Å². The minimum atomic E-state index is -1.43. The van der Waals surface area contributed by atoms with Gasteiger partial charge in [0, 0.05) is 24.4 Å². The second-order valence-electron chi connectivity index (χ2n) is 4.73. The van der Waals surface area contributed by atoms with E-state index in [0.717, 1.165) is 30.1 Å². The van der Waals surface area contributed by atoms with E-state index in [1.165, 1.54) is 0 Å². The molecule has 2 rings (SSSR count). The number of hydrogen-bond donors (Lipinski definition) is 1. The monoisotopic (exact) mass is 290 g/mol. The van der Waals surface area contributed by atoms with E-state index in [9.17, 15) is 13.2 Å². The van der Waals surface area contributed by atoms with Gasteiger partial charge in [-0.15, -0.1) is 0 Å². The van der Waals surface area contributed by atoms with Gasteiger partial charge in [0.05, 0.1) is 0 Å². The highest BCUT2D eigenvalue weighted by Gasteiger charge is 2.27. The highest BCUT2D eigenvalue weighted by atomic mass is 32.2. The standard InChI is InChI=1S/C13H17F3N2S/c1-18(9-2-3-19-7-9)12(6-17)8-4-10(14)13(16)11(15)5-8/h4-5,9,12H,2-3,6-7,17H2,1H3. The molecule has 0 amide bonds. The van der Waals surface area contributed by atoms with Gasteiger partial charge in [0.2, 0.25) is 0 Å². The molecule has 2 nitrogen and oxygen atoms in total. The van der Waals surface area contributed by atoms with Crippen LogP contribution in [0.15, 0.2) is 12.1 Å². The minimum absolute atomic E-state index is 0.238. The number of halogens is 3. The molecule has 1 aliphatic rings. The average Bonchev–Trinajstić information content (AvgIpc) is 2.90. The summed E-state index contributed by atoms with van der Waals surface area (Å²) in [5, 5.41) is 0. The van der Waals surface area contributed by atoms with Crippen molar-refractivity contribution in [3.8, 4) is 0 Å². The Labute approximate surface area is 115 Å². The van der Waals surface area contributed by atoms with Crippen LogP contribution in [-0.4, -0.2) is 36.0 Å². The molecule has 1 heterocycles. The summed E-state index contributed by atoms with van der Waals surface area (Å²) in [7, 11) is 1.90. The predicted molar refractivity (Wildman–Crippen MR) is 71.6 cm³/mol. The molecule has 2 unspecified atom stereocenters. The van der Waals surface area contributed by atoms with Crippen LogP contribution in [0.1, 0.15) is 18.0 Å². The second kappa shape index (κ2) is 6.15. The highest BCUT2D eigenvalue weighted by Crippen LogP contribution is 2.29. The van der Waals surface area contributed by atoms with Crippen molar-refractivity contribution in [1.82, 2.24) is 4.90 Å². The van der Waals surface area contributed by atoms with Gasteiger partial charge >= 0.3 is 0 Å². The lowest BCUT2D eigenvalue weighted by molar-refractivity contribution is 0.192. The van der Waals surface area contributed by atoms with Gasteiger partial charge in [-0.2, -0.15) is 11.8 Å². The van der Waals surface area contributed by atoms with E-state index in [2.05, 4.69) is 0 Å². The Kier molecular flexibility index (Phi) is 4.76. The first-order valence-electron chi connectivity index (χ1n) is 6.18. The lowest BCUT2D eigenvalue weighted by Gasteiger charge is -2.32. The van der Waals surface area contributed by atoms with E-state index < -0.39 is 17.5 Å². The lowest BCUT2D eigenvalue weighted by atomic mass is 10.0. The summed E-state index contributed by atoms with van der Waals surface area (Å²) < 4.78 is 39.6. The Balaban J connectivity index is 2.25. The Hall–Kier alpha value is -0.720. The van der Waals surface area contributed by atoms with Crippen molar-refractivity contribution in [3.63, 3.8) is 0 Å². The van der Waals surface area contributed by atoms with Crippen LogP contribution in [0.3, 0.4) is 0 Å². The fourth-order valence-electron chi connectivity index (χ4n) is 2.40. The third-order valence-electron chi connectivity index (χ3n) is 3.59. The maximum absolute atomic E-state index is 13.3. The number of thioether (sulfide) groups is 1. The Morgan fingerprint density at radius 3 is 2.47 bits per heavy atom. The highest BCUT2D eigenvalue weighted by molar-refractivity contribution is 7.99. The lowest BCUT2D eigenvalue weighted by Crippen LogP contribution is -2.38. The van der Waals surface area contributed by atoms with Gasteiger partial charge in [-0.25, -0.2) is 13.2 Å². The largest absolute Gasteiger partial charge is 0.329 e. The second-order valence-corrected chi connectivity index (χ2v) is 5.88. The summed E-state index contributed by atoms with van der Waals surface area (Å²) in [4.78, 5) is 2.03. The Bertz CT molecular complexity index is 427. The van der Waals surface area contributed by atoms with Gasteiger partial charge in [0.1, 0.15) is 0 Å². The van der Waals surface area contributed by atoms with Crippen molar-refractivity contribution >= 4 is 11.8 Å². The van der Waals surface area contributed by atoms with Crippen LogP contribution in [0.2, 0.25) is 0 Å². The molecule has 1 saturated heterocycles. The molecular formula is C13H17F3N2S. The van der Waals surface area contributed by atoms with Crippen LogP contribution < -0.4 is 5.73 Å². The van der Waals surface area contributed by atoms with Crippen LogP contribution in [0.25, 0.3) is 0 Å². The maximum atomic E-state index is 13.3. The molecule has 106 valence electrons. The van der Waals surface area contributed by atoms with Gasteiger partial charge < -0.3 is 5.73 Å². The third-order valence-corrected chi connectivity index (χ3v) is 4.73. The molecule has 0 spiro atoms. The quantitative estimate of drug-likeness (QED) is 0.864. The molecule has 0 radical (unpaired) electrons. The van der Waals surface area contributed by atoms with E-state index in [-0.39, 0.29) is 12.6 Å². The van der Waals surface area contributed by atoms with Crippen LogP contribution in [0.4, 0.5) is 13.2 Å². The van der Waals surface area contributed by atoms with Crippen LogP contribution in [-0.2, 0) is 0 Å². The zero-order valence-electron chi connectivity index (χ0n) is 10.7. The maximum Gasteiger partial charge on any atom is 0.194 e. The van der Waals surface area contributed by atoms with E-state index in [0.29, 0.717) is 11.6 Å². The van der Waals surface area contributed by atoms with Gasteiger partial charge in [-0.3, -0.25) is 4.90 Å². The fourth-order valence-corrected chi connectivity index (χ4v) is 3.68. The SMILES string of the molecule is CN(C1CCSC1)C(CN)c1cc(F)c(F)c(F)c1. The van der Waals surface area contributed by atoms with E-state index in [4.69, 9.17) is 5.73 Å². The van der Waals surface area contributed by atoms with E-state index in [1.54, 1.807) is 0 Å². The molecule has 1 aliphatic heterocycles. The molecule has 1 aromatic rings. The van der Waals surface area contributed by atoms with Crippen molar-refractivity contribution in [1.29, 1.82) is 0 Å². The Morgan fingerprint density at radius 2 is 2.00 bits per heavy atom. The summed E-state index contributed by atoms with van der Waals surface area (Å²) in [6.07, 6.45) is 1.03. The fraction of sp³-hybridized carbons (Fsp3) is 0.538. The smallest absolute Gasteiger partial charge is 0.194 e. The van der Waals surface area contributed by atoms with E-state index in [1.807, 2.05) is 23.7 Å². The average molecular weight is 290 g/mol. The number of nitrogens with two attached hydrogens (primary N) is 1. The number of nitrogens with zero attached hydrogens (tertiary/aromatic N) is 1. The van der Waals surface area contributed by atoms with Gasteiger partial charge in [0.25, 0.3) is 0 Å². The first-order valence-corrected chi connectivity index (χ1v) is 7.34. The van der Waals surface area contributed by atoms with Crippen molar-refractivity contribution in [2.75, 3.05) is 25.1 Å². The van der Waals surface area contributed by atoms with Crippen molar-refractivity contribution in [3.05, 3.63) is 35.1 Å². The molecule has 19 heavy (non-hydrogen) atoms. The zero-order chi connectivity index (χ0) is 14.0. The molecule has 0 saturated carbocycles. The van der Waals surface area contributed by atoms with Gasteiger partial charge in [-0.1, -0.05) is 0 Å². The van der Waals surface area contributed by atoms with Gasteiger partial charge in [-0.05, 0) is 36.9 Å². The molecule has 2 atom stereocenters. The number of rotatable bonds is 4. The molecule has 2 N–H and O–H groups in total. The zero-order valence-corrected chi connectivity index (χ0v) is 11.5. The van der Waals surface area contributed by atoms with Crippen molar-refractivity contribution < 1.29 is 13.2 Å². The minimum Gasteiger partial charge on any atom is -0.329 e. The first-order chi connectivity index (χ1) is 9.04. The molecule has 0 aromatic heterocycles. The van der Waals surface area contributed by atoms with Crippen LogP contribution >= 0.6 is 11.8 Å². The summed E-state index contributed by atoms with van der Waals surface area (Å²) in [5.41, 5.74) is 6.11. The van der Waals surface area contributed by atoms with Crippen molar-refractivity contribution in [2.24, 2.45) is 5.73 Å². The summed E-state index contributed by atoms with van der Waals surface area (Å²) >= 11 is 1.85. The molecular weight excluding hydrogens is 273 g/mol. The number of hydrogen-bond acceptors (Lipinski definition) is 3. The number of likely N-dealkylation sites (N-methyl/N-ethyl adjacent to an activating group) is 1. The van der Waals surface area contributed by atoms with Crippen LogP contribution in [0.5, 0.6) is 0 Å². The third kappa shape index (κ3) is 3.07. The predicted octanol–water partition coefficient (Wildman–Crippen LogP) is 2.54. The first kappa shape index (κ1) is 14.7. The summed E-state index contributed by atoms with van der Waals surface area (Å²) in [5.74, 6) is -1.69. The normalized spacial score (nSPS) is 21.1. The summed E-state index contributed by atoms with van der Waals surface area (Å²) in [6.45, 7) is 0.238. The molecule has 6 heteroatoms.